The van der Waals surface area contributed by atoms with Crippen LogP contribution in [0.2, 0.25) is 0 Å². The van der Waals surface area contributed by atoms with Crippen LogP contribution in [0.25, 0.3) is 6.08 Å². The van der Waals surface area contributed by atoms with Gasteiger partial charge >= 0.3 is 0 Å². The zero-order valence-corrected chi connectivity index (χ0v) is 16.6. The van der Waals surface area contributed by atoms with Crippen molar-refractivity contribution in [2.45, 2.75) is 24.5 Å². The first-order chi connectivity index (χ1) is 14.7. The second-order valence-corrected chi connectivity index (χ2v) is 7.78. The third-order valence-corrected chi connectivity index (χ3v) is 5.70. The summed E-state index contributed by atoms with van der Waals surface area (Å²) in [4.78, 5) is 14.9. The topological polar surface area (TPSA) is 38.8 Å². The number of amides is 1. The summed E-state index contributed by atoms with van der Waals surface area (Å²) in [6.45, 7) is 0.333. The van der Waals surface area contributed by atoms with Gasteiger partial charge in [-0.2, -0.15) is 0 Å². The van der Waals surface area contributed by atoms with E-state index < -0.39 is 0 Å². The lowest BCUT2D eigenvalue weighted by molar-refractivity contribution is -0.128. The molecule has 5 rings (SSSR count). The molecule has 30 heavy (non-hydrogen) atoms. The quantitative estimate of drug-likeness (QED) is 0.528. The van der Waals surface area contributed by atoms with Crippen molar-refractivity contribution in [1.29, 1.82) is 0 Å². The van der Waals surface area contributed by atoms with Gasteiger partial charge in [-0.05, 0) is 54.3 Å². The van der Waals surface area contributed by atoms with Crippen molar-refractivity contribution in [3.63, 3.8) is 0 Å². The fraction of sp³-hybridized carbons (Fsp3) is 0.192. The molecule has 0 aromatic heterocycles. The highest BCUT2D eigenvalue weighted by Gasteiger charge is 2.58. The largest absolute Gasteiger partial charge is 0.457 e. The molecular formula is C26H23NO3. The lowest BCUT2D eigenvalue weighted by atomic mass is 9.99. The number of carbonyl (C=O) groups excluding carboxylic acids is 1. The Morgan fingerprint density at radius 1 is 0.933 bits per heavy atom. The summed E-state index contributed by atoms with van der Waals surface area (Å²) in [5, 5.41) is 0. The second kappa shape index (κ2) is 7.81. The van der Waals surface area contributed by atoms with Gasteiger partial charge in [0.1, 0.15) is 18.2 Å². The van der Waals surface area contributed by atoms with Crippen LogP contribution in [-0.4, -0.2) is 23.1 Å². The van der Waals surface area contributed by atoms with E-state index in [1.54, 1.807) is 6.08 Å². The molecule has 4 nitrogen and oxygen atoms in total. The molecular weight excluding hydrogens is 374 g/mol. The monoisotopic (exact) mass is 397 g/mol. The molecule has 1 saturated carbocycles. The number of benzene rings is 3. The van der Waals surface area contributed by atoms with Gasteiger partial charge in [0.15, 0.2) is 0 Å². The van der Waals surface area contributed by atoms with Gasteiger partial charge in [0.05, 0.1) is 11.6 Å². The van der Waals surface area contributed by atoms with Crippen LogP contribution in [0.4, 0.5) is 0 Å². The van der Waals surface area contributed by atoms with E-state index >= 15 is 0 Å². The van der Waals surface area contributed by atoms with Gasteiger partial charge < -0.3 is 14.4 Å². The predicted molar refractivity (Wildman–Crippen MR) is 116 cm³/mol. The van der Waals surface area contributed by atoms with E-state index in [-0.39, 0.29) is 17.6 Å². The van der Waals surface area contributed by atoms with E-state index in [0.717, 1.165) is 35.5 Å². The van der Waals surface area contributed by atoms with Gasteiger partial charge in [-0.1, -0.05) is 60.7 Å². The van der Waals surface area contributed by atoms with Crippen LogP contribution in [-0.2, 0) is 9.53 Å². The van der Waals surface area contributed by atoms with Crippen molar-refractivity contribution >= 4 is 12.0 Å². The average Bonchev–Trinajstić information content (AvgIpc) is 3.46. The van der Waals surface area contributed by atoms with Crippen molar-refractivity contribution in [2.24, 2.45) is 0 Å². The lowest BCUT2D eigenvalue weighted by Crippen LogP contribution is -2.32. The Labute approximate surface area is 176 Å². The summed E-state index contributed by atoms with van der Waals surface area (Å²) in [7, 11) is 0. The van der Waals surface area contributed by atoms with E-state index in [0.29, 0.717) is 6.73 Å². The molecule has 0 unspecified atom stereocenters. The van der Waals surface area contributed by atoms with Crippen LogP contribution in [0, 0.1) is 0 Å². The van der Waals surface area contributed by atoms with Crippen molar-refractivity contribution in [3.05, 3.63) is 102 Å². The van der Waals surface area contributed by atoms with Crippen LogP contribution < -0.4 is 4.74 Å². The summed E-state index contributed by atoms with van der Waals surface area (Å²) in [5.41, 5.74) is 1.84. The third-order valence-electron chi connectivity index (χ3n) is 5.70. The molecule has 3 aromatic carbocycles. The van der Waals surface area contributed by atoms with E-state index in [4.69, 9.17) is 9.47 Å². The fourth-order valence-corrected chi connectivity index (χ4v) is 4.06. The maximum absolute atomic E-state index is 13.0. The Bertz CT molecular complexity index is 1060. The molecule has 150 valence electrons. The number of hydrogen-bond donors (Lipinski definition) is 0. The van der Waals surface area contributed by atoms with Crippen LogP contribution in [0.3, 0.4) is 0 Å². The first-order valence-electron chi connectivity index (χ1n) is 10.2. The van der Waals surface area contributed by atoms with Crippen LogP contribution in [0.1, 0.15) is 30.0 Å². The van der Waals surface area contributed by atoms with Gasteiger partial charge in [0.25, 0.3) is 0 Å². The number of nitrogens with zero attached hydrogens (tertiary/aromatic N) is 1. The maximum Gasteiger partial charge on any atom is 0.249 e. The summed E-state index contributed by atoms with van der Waals surface area (Å²) >= 11 is 0. The molecule has 3 aromatic rings. The fourth-order valence-electron chi connectivity index (χ4n) is 4.06. The third kappa shape index (κ3) is 3.74. The first-order valence-corrected chi connectivity index (χ1v) is 10.2. The first kappa shape index (κ1) is 18.6. The summed E-state index contributed by atoms with van der Waals surface area (Å²) in [6, 6.07) is 27.5. The standard InChI is InChI=1S/C26H23NO3/c28-24(27-19-29-26(16-17-26)25(27)21-9-3-1-4-10-21)15-14-20-8-7-13-23(18-20)30-22-11-5-2-6-12-22/h1-15,18,25H,16-17,19H2/b15-14+/t25-/m1/s1. The van der Waals surface area contributed by atoms with Gasteiger partial charge in [-0.15, -0.1) is 0 Å². The minimum atomic E-state index is -0.200. The lowest BCUT2D eigenvalue weighted by Gasteiger charge is -2.25. The highest BCUT2D eigenvalue weighted by atomic mass is 16.5. The Morgan fingerprint density at radius 3 is 2.37 bits per heavy atom. The van der Waals surface area contributed by atoms with Crippen LogP contribution >= 0.6 is 0 Å². The van der Waals surface area contributed by atoms with E-state index in [2.05, 4.69) is 12.1 Å². The summed E-state index contributed by atoms with van der Waals surface area (Å²) in [5.74, 6) is 1.48. The highest BCUT2D eigenvalue weighted by molar-refractivity contribution is 5.92. The molecule has 1 atom stereocenters. The van der Waals surface area contributed by atoms with Crippen LogP contribution in [0.5, 0.6) is 11.5 Å². The summed E-state index contributed by atoms with van der Waals surface area (Å²) < 4.78 is 11.9. The molecule has 4 heteroatoms. The zero-order chi connectivity index (χ0) is 20.4. The smallest absolute Gasteiger partial charge is 0.249 e. The maximum atomic E-state index is 13.0. The number of rotatable bonds is 5. The molecule has 0 radical (unpaired) electrons. The summed E-state index contributed by atoms with van der Waals surface area (Å²) in [6.07, 6.45) is 5.46. The molecule has 0 N–H and O–H groups in total. The van der Waals surface area contributed by atoms with E-state index in [1.807, 2.05) is 83.8 Å². The highest BCUT2D eigenvalue weighted by Crippen LogP contribution is 2.55. The molecule has 1 aliphatic carbocycles. The molecule has 1 amide bonds. The minimum Gasteiger partial charge on any atom is -0.457 e. The Morgan fingerprint density at radius 2 is 1.63 bits per heavy atom. The van der Waals surface area contributed by atoms with Gasteiger partial charge in [-0.25, -0.2) is 0 Å². The Balaban J connectivity index is 1.32. The Hall–Kier alpha value is -3.37. The van der Waals surface area contributed by atoms with Crippen molar-refractivity contribution < 1.29 is 14.3 Å². The molecule has 1 heterocycles. The predicted octanol–water partition coefficient (Wildman–Crippen LogP) is 5.58. The average molecular weight is 397 g/mol. The molecule has 2 aliphatic rings. The number of hydrogen-bond acceptors (Lipinski definition) is 3. The van der Waals surface area contributed by atoms with Gasteiger partial charge in [0.2, 0.25) is 5.91 Å². The van der Waals surface area contributed by atoms with Crippen molar-refractivity contribution in [3.8, 4) is 11.5 Å². The van der Waals surface area contributed by atoms with Gasteiger partial charge in [-0.3, -0.25) is 4.79 Å². The molecule has 2 fully saturated rings. The van der Waals surface area contributed by atoms with Gasteiger partial charge in [0, 0.05) is 6.08 Å². The number of carbonyl (C=O) groups is 1. The van der Waals surface area contributed by atoms with E-state index in [1.165, 1.54) is 0 Å². The van der Waals surface area contributed by atoms with E-state index in [9.17, 15) is 4.79 Å². The minimum absolute atomic E-state index is 0.0244. The molecule has 0 bridgehead atoms. The normalized spacial score (nSPS) is 19.3. The molecule has 1 aliphatic heterocycles. The Kier molecular flexibility index (Phi) is 4.85. The van der Waals surface area contributed by atoms with Crippen molar-refractivity contribution in [1.82, 2.24) is 4.90 Å². The number of ether oxygens (including phenoxy) is 2. The van der Waals surface area contributed by atoms with Crippen LogP contribution in [0.15, 0.2) is 91.0 Å². The van der Waals surface area contributed by atoms with Crippen molar-refractivity contribution in [2.75, 3.05) is 6.73 Å². The SMILES string of the molecule is O=C(/C=C/c1cccc(Oc2ccccc2)c1)N1COC2(CC2)[C@H]1c1ccccc1. The second-order valence-electron chi connectivity index (χ2n) is 7.78. The molecule has 1 saturated heterocycles. The number of para-hydroxylation sites is 1. The zero-order valence-electron chi connectivity index (χ0n) is 16.6. The molecule has 1 spiro atoms.